The van der Waals surface area contributed by atoms with Crippen LogP contribution in [0.5, 0.6) is 0 Å². The summed E-state index contributed by atoms with van der Waals surface area (Å²) in [6, 6.07) is 4.36. The molecule has 1 saturated heterocycles. The molecule has 0 radical (unpaired) electrons. The minimum absolute atomic E-state index is 0.0330. The number of methoxy groups -OCH3 is 1. The summed E-state index contributed by atoms with van der Waals surface area (Å²) >= 11 is 3.11. The van der Waals surface area contributed by atoms with Gasteiger partial charge in [-0.1, -0.05) is 0 Å². The summed E-state index contributed by atoms with van der Waals surface area (Å²) < 4.78 is 28.4. The minimum Gasteiger partial charge on any atom is -0.380 e. The maximum Gasteiger partial charge on any atom is 0.262 e. The number of hydrogen-bond donors (Lipinski definition) is 0. The summed E-state index contributed by atoms with van der Waals surface area (Å²) in [5.74, 6) is -0.224. The molecule has 1 unspecified atom stereocenters. The zero-order valence-corrected chi connectivity index (χ0v) is 13.8. The van der Waals surface area contributed by atoms with E-state index in [1.54, 1.807) is 18.1 Å². The van der Waals surface area contributed by atoms with Crippen molar-refractivity contribution in [1.82, 2.24) is 4.90 Å². The van der Waals surface area contributed by atoms with Crippen LogP contribution in [0.2, 0.25) is 0 Å². The molecule has 20 heavy (non-hydrogen) atoms. The van der Waals surface area contributed by atoms with E-state index in [1.165, 1.54) is 12.1 Å². The van der Waals surface area contributed by atoms with Crippen LogP contribution in [0.4, 0.5) is 0 Å². The molecule has 0 spiro atoms. The van der Waals surface area contributed by atoms with E-state index in [0.29, 0.717) is 23.1 Å². The van der Waals surface area contributed by atoms with Crippen molar-refractivity contribution in [3.8, 4) is 0 Å². The van der Waals surface area contributed by atoms with Crippen LogP contribution < -0.4 is 0 Å². The third kappa shape index (κ3) is 3.33. The highest BCUT2D eigenvalue weighted by Crippen LogP contribution is 2.27. The third-order valence-corrected chi connectivity index (χ3v) is 5.52. The number of halogens is 2. The molecule has 1 atom stereocenters. The molecule has 5 nitrogen and oxygen atoms in total. The Balaban J connectivity index is 2.28. The van der Waals surface area contributed by atoms with Crippen molar-refractivity contribution in [3.05, 3.63) is 28.2 Å². The Morgan fingerprint density at radius 2 is 2.20 bits per heavy atom. The monoisotopic (exact) mass is 381 g/mol. The standard InChI is InChI=1S/C12H13BrClNO4S/c1-19-9-4-5-15(7-9)12(16)8-2-3-10(13)11(6-8)20(14,17)18/h2-3,6,9H,4-5,7H2,1H3. The highest BCUT2D eigenvalue weighted by atomic mass is 79.9. The van der Waals surface area contributed by atoms with E-state index in [0.717, 1.165) is 6.42 Å². The number of rotatable bonds is 3. The van der Waals surface area contributed by atoms with Gasteiger partial charge in [-0.2, -0.15) is 0 Å². The maximum absolute atomic E-state index is 12.3. The highest BCUT2D eigenvalue weighted by molar-refractivity contribution is 9.10. The molecule has 1 aromatic rings. The van der Waals surface area contributed by atoms with Gasteiger partial charge in [0.15, 0.2) is 0 Å². The first-order valence-electron chi connectivity index (χ1n) is 5.89. The topological polar surface area (TPSA) is 63.7 Å². The molecule has 2 rings (SSSR count). The molecule has 8 heteroatoms. The Morgan fingerprint density at radius 3 is 2.75 bits per heavy atom. The average Bonchev–Trinajstić information content (AvgIpc) is 2.86. The lowest BCUT2D eigenvalue weighted by Gasteiger charge is -2.16. The number of hydrogen-bond acceptors (Lipinski definition) is 4. The molecule has 0 aliphatic carbocycles. The molecule has 1 fully saturated rings. The average molecular weight is 383 g/mol. The summed E-state index contributed by atoms with van der Waals surface area (Å²) in [7, 11) is 3.05. The zero-order valence-electron chi connectivity index (χ0n) is 10.7. The number of carbonyl (C=O) groups excluding carboxylic acids is 1. The van der Waals surface area contributed by atoms with E-state index in [9.17, 15) is 13.2 Å². The van der Waals surface area contributed by atoms with Crippen LogP contribution in [0.1, 0.15) is 16.8 Å². The molecular formula is C12H13BrClNO4S. The Hall–Kier alpha value is -0.630. The van der Waals surface area contributed by atoms with Crippen LogP contribution in [-0.2, 0) is 13.8 Å². The van der Waals surface area contributed by atoms with E-state index < -0.39 is 9.05 Å². The number of benzene rings is 1. The van der Waals surface area contributed by atoms with Crippen LogP contribution in [-0.4, -0.2) is 45.5 Å². The molecule has 1 amide bonds. The van der Waals surface area contributed by atoms with E-state index in [4.69, 9.17) is 15.4 Å². The SMILES string of the molecule is COC1CCN(C(=O)c2ccc(Br)c(S(=O)(=O)Cl)c2)C1. The summed E-state index contributed by atoms with van der Waals surface area (Å²) in [6.07, 6.45) is 0.810. The van der Waals surface area contributed by atoms with Gasteiger partial charge in [0.25, 0.3) is 15.0 Å². The van der Waals surface area contributed by atoms with Crippen molar-refractivity contribution in [2.45, 2.75) is 17.4 Å². The van der Waals surface area contributed by atoms with Gasteiger partial charge >= 0.3 is 0 Å². The van der Waals surface area contributed by atoms with Crippen molar-refractivity contribution >= 4 is 41.6 Å². The van der Waals surface area contributed by atoms with Crippen LogP contribution in [0, 0.1) is 0 Å². The van der Waals surface area contributed by atoms with Gasteiger partial charge in [-0.05, 0) is 40.5 Å². The van der Waals surface area contributed by atoms with Crippen molar-refractivity contribution in [3.63, 3.8) is 0 Å². The second-order valence-electron chi connectivity index (χ2n) is 4.48. The first-order valence-corrected chi connectivity index (χ1v) is 8.99. The third-order valence-electron chi connectivity index (χ3n) is 3.21. The summed E-state index contributed by atoms with van der Waals surface area (Å²) in [5.41, 5.74) is 0.296. The fourth-order valence-corrected chi connectivity index (χ4v) is 4.23. The normalized spacial score (nSPS) is 19.4. The first kappa shape index (κ1) is 15.8. The van der Waals surface area contributed by atoms with Crippen molar-refractivity contribution in [2.24, 2.45) is 0 Å². The van der Waals surface area contributed by atoms with Crippen LogP contribution in [0.3, 0.4) is 0 Å². The predicted molar refractivity (Wildman–Crippen MR) is 78.5 cm³/mol. The van der Waals surface area contributed by atoms with Gasteiger partial charge in [0.1, 0.15) is 0 Å². The van der Waals surface area contributed by atoms with Gasteiger partial charge in [0.2, 0.25) is 0 Å². The molecule has 1 heterocycles. The summed E-state index contributed by atoms with van der Waals surface area (Å²) in [5, 5.41) is 0. The molecular weight excluding hydrogens is 370 g/mol. The smallest absolute Gasteiger partial charge is 0.262 e. The number of nitrogens with zero attached hydrogens (tertiary/aromatic N) is 1. The van der Waals surface area contributed by atoms with Gasteiger partial charge in [-0.25, -0.2) is 8.42 Å². The lowest BCUT2D eigenvalue weighted by atomic mass is 10.2. The Kier molecular flexibility index (Phi) is 4.73. The second-order valence-corrected chi connectivity index (χ2v) is 7.87. The Labute approximate surface area is 130 Å². The van der Waals surface area contributed by atoms with E-state index in [-0.39, 0.29) is 16.9 Å². The van der Waals surface area contributed by atoms with E-state index in [2.05, 4.69) is 15.9 Å². The first-order chi connectivity index (χ1) is 9.32. The van der Waals surface area contributed by atoms with E-state index >= 15 is 0 Å². The second kappa shape index (κ2) is 6.01. The van der Waals surface area contributed by atoms with Gasteiger partial charge in [-0.3, -0.25) is 4.79 Å². The fraction of sp³-hybridized carbons (Fsp3) is 0.417. The van der Waals surface area contributed by atoms with Crippen molar-refractivity contribution in [1.29, 1.82) is 0 Å². The molecule has 110 valence electrons. The minimum atomic E-state index is -3.90. The van der Waals surface area contributed by atoms with Gasteiger partial charge in [-0.15, -0.1) is 0 Å². The fourth-order valence-electron chi connectivity index (χ4n) is 2.11. The van der Waals surface area contributed by atoms with Crippen molar-refractivity contribution < 1.29 is 17.9 Å². The maximum atomic E-state index is 12.3. The molecule has 1 aliphatic rings. The van der Waals surface area contributed by atoms with Gasteiger partial charge < -0.3 is 9.64 Å². The van der Waals surface area contributed by atoms with Crippen LogP contribution in [0.25, 0.3) is 0 Å². The Bertz CT molecular complexity index is 634. The highest BCUT2D eigenvalue weighted by Gasteiger charge is 2.27. The lowest BCUT2D eigenvalue weighted by Crippen LogP contribution is -2.30. The lowest BCUT2D eigenvalue weighted by molar-refractivity contribution is 0.0724. The summed E-state index contributed by atoms with van der Waals surface area (Å²) in [6.45, 7) is 1.10. The van der Waals surface area contributed by atoms with Crippen LogP contribution >= 0.6 is 26.6 Å². The largest absolute Gasteiger partial charge is 0.380 e. The number of amides is 1. The molecule has 0 aromatic heterocycles. The number of carbonyl (C=O) groups is 1. The number of ether oxygens (including phenoxy) is 1. The van der Waals surface area contributed by atoms with Gasteiger partial charge in [0.05, 0.1) is 11.0 Å². The molecule has 0 bridgehead atoms. The Morgan fingerprint density at radius 1 is 1.50 bits per heavy atom. The molecule has 0 N–H and O–H groups in total. The zero-order chi connectivity index (χ0) is 14.9. The van der Waals surface area contributed by atoms with Crippen LogP contribution in [0.15, 0.2) is 27.6 Å². The predicted octanol–water partition coefficient (Wildman–Crippen LogP) is 2.24. The van der Waals surface area contributed by atoms with Crippen molar-refractivity contribution in [2.75, 3.05) is 20.2 Å². The quantitative estimate of drug-likeness (QED) is 0.752. The van der Waals surface area contributed by atoms with Gasteiger partial charge in [0, 0.05) is 40.9 Å². The summed E-state index contributed by atoms with van der Waals surface area (Å²) in [4.78, 5) is 13.9. The van der Waals surface area contributed by atoms with E-state index in [1.807, 2.05) is 0 Å². The molecule has 1 aromatic carbocycles. The molecule has 1 aliphatic heterocycles. The number of likely N-dealkylation sites (tertiary alicyclic amines) is 1. The molecule has 0 saturated carbocycles.